The largest absolute Gasteiger partial charge is 0.436 e. The molecule has 0 aromatic carbocycles. The lowest BCUT2D eigenvalue weighted by molar-refractivity contribution is 0.450. The van der Waals surface area contributed by atoms with Crippen molar-refractivity contribution in [2.75, 3.05) is 0 Å². The molecular formula is C10H10N4O. The Labute approximate surface area is 87.0 Å². The monoisotopic (exact) mass is 202 g/mol. The molecule has 0 radical (unpaired) electrons. The summed E-state index contributed by atoms with van der Waals surface area (Å²) >= 11 is 0. The minimum atomic E-state index is 0.295. The first kappa shape index (κ1) is 9.54. The lowest BCUT2D eigenvalue weighted by Gasteiger charge is -2.06. The number of hydrogen-bond acceptors (Lipinski definition) is 5. The summed E-state index contributed by atoms with van der Waals surface area (Å²) < 4.78 is 5.48. The molecule has 2 rings (SSSR count). The normalized spacial score (nSPS) is 9.93. The fraction of sp³-hybridized carbons (Fsp3) is 0.100. The van der Waals surface area contributed by atoms with Crippen LogP contribution in [0.3, 0.4) is 0 Å². The molecule has 5 nitrogen and oxygen atoms in total. The summed E-state index contributed by atoms with van der Waals surface area (Å²) in [7, 11) is 0. The van der Waals surface area contributed by atoms with Crippen LogP contribution >= 0.6 is 0 Å². The van der Waals surface area contributed by atoms with Gasteiger partial charge in [-0.05, 0) is 12.1 Å². The van der Waals surface area contributed by atoms with Crippen LogP contribution in [0.4, 0.5) is 0 Å². The minimum Gasteiger partial charge on any atom is -0.436 e. The summed E-state index contributed by atoms with van der Waals surface area (Å²) in [6.45, 7) is 0.295. The van der Waals surface area contributed by atoms with Gasteiger partial charge in [0.1, 0.15) is 11.4 Å². The summed E-state index contributed by atoms with van der Waals surface area (Å²) in [5.41, 5.74) is 6.13. The molecular weight excluding hydrogens is 192 g/mol. The van der Waals surface area contributed by atoms with Gasteiger partial charge in [-0.2, -0.15) is 0 Å². The molecule has 76 valence electrons. The summed E-state index contributed by atoms with van der Waals surface area (Å²) in [6.07, 6.45) is 6.42. The van der Waals surface area contributed by atoms with Crippen LogP contribution < -0.4 is 10.5 Å². The number of rotatable bonds is 3. The number of pyridine rings is 1. The summed E-state index contributed by atoms with van der Waals surface area (Å²) in [5.74, 6) is 1.04. The quantitative estimate of drug-likeness (QED) is 0.807. The van der Waals surface area contributed by atoms with Crippen molar-refractivity contribution in [3.8, 4) is 11.6 Å². The highest BCUT2D eigenvalue weighted by molar-refractivity contribution is 5.26. The van der Waals surface area contributed by atoms with E-state index in [1.807, 2.05) is 0 Å². The maximum Gasteiger partial charge on any atom is 0.242 e. The Hall–Kier alpha value is -2.01. The Balaban J connectivity index is 2.24. The summed E-state index contributed by atoms with van der Waals surface area (Å²) in [4.78, 5) is 12.0. The lowest BCUT2D eigenvalue weighted by atomic mass is 10.4. The minimum absolute atomic E-state index is 0.295. The fourth-order valence-corrected chi connectivity index (χ4v) is 1.10. The first-order chi connectivity index (χ1) is 7.40. The molecule has 0 amide bonds. The third kappa shape index (κ3) is 2.26. The average Bonchev–Trinajstić information content (AvgIpc) is 2.31. The van der Waals surface area contributed by atoms with E-state index in [2.05, 4.69) is 15.0 Å². The summed E-state index contributed by atoms with van der Waals surface area (Å²) in [6, 6.07) is 3.58. The molecule has 15 heavy (non-hydrogen) atoms. The highest BCUT2D eigenvalue weighted by atomic mass is 16.5. The second-order valence-electron chi connectivity index (χ2n) is 2.80. The molecule has 0 aliphatic heterocycles. The summed E-state index contributed by atoms with van der Waals surface area (Å²) in [5, 5.41) is 0. The Bertz CT molecular complexity index is 432. The van der Waals surface area contributed by atoms with Gasteiger partial charge in [0.05, 0.1) is 6.20 Å². The van der Waals surface area contributed by atoms with Crippen LogP contribution in [0.25, 0.3) is 0 Å². The highest BCUT2D eigenvalue weighted by Crippen LogP contribution is 2.19. The third-order valence-electron chi connectivity index (χ3n) is 1.78. The van der Waals surface area contributed by atoms with E-state index in [9.17, 15) is 0 Å². The van der Waals surface area contributed by atoms with Crippen molar-refractivity contribution in [3.05, 3.63) is 42.6 Å². The molecule has 0 aliphatic rings. The van der Waals surface area contributed by atoms with Crippen LogP contribution in [-0.4, -0.2) is 15.0 Å². The molecule has 2 aromatic heterocycles. The second kappa shape index (κ2) is 4.47. The van der Waals surface area contributed by atoms with Crippen LogP contribution in [0, 0.1) is 0 Å². The van der Waals surface area contributed by atoms with Gasteiger partial charge < -0.3 is 10.5 Å². The van der Waals surface area contributed by atoms with E-state index < -0.39 is 0 Å². The van der Waals surface area contributed by atoms with E-state index in [-0.39, 0.29) is 0 Å². The maximum absolute atomic E-state index is 5.51. The van der Waals surface area contributed by atoms with Gasteiger partial charge >= 0.3 is 0 Å². The van der Waals surface area contributed by atoms with E-state index >= 15 is 0 Å². The van der Waals surface area contributed by atoms with Crippen LogP contribution in [0.2, 0.25) is 0 Å². The highest BCUT2D eigenvalue weighted by Gasteiger charge is 2.05. The number of ether oxygens (including phenoxy) is 1. The van der Waals surface area contributed by atoms with E-state index in [1.54, 1.807) is 36.9 Å². The van der Waals surface area contributed by atoms with Crippen LogP contribution in [0.15, 0.2) is 36.9 Å². The molecule has 2 N–H and O–H groups in total. The average molecular weight is 202 g/mol. The zero-order chi connectivity index (χ0) is 10.5. The molecule has 0 saturated heterocycles. The SMILES string of the molecule is NCc1nccnc1Oc1cccnc1. The second-order valence-corrected chi connectivity index (χ2v) is 2.80. The molecule has 0 saturated carbocycles. The molecule has 0 spiro atoms. The smallest absolute Gasteiger partial charge is 0.242 e. The number of hydrogen-bond donors (Lipinski definition) is 1. The van der Waals surface area contributed by atoms with Crippen molar-refractivity contribution in [3.63, 3.8) is 0 Å². The molecule has 5 heteroatoms. The predicted octanol–water partition coefficient (Wildman–Crippen LogP) is 1.12. The zero-order valence-electron chi connectivity index (χ0n) is 8.00. The van der Waals surface area contributed by atoms with E-state index in [0.29, 0.717) is 23.9 Å². The topological polar surface area (TPSA) is 73.9 Å². The maximum atomic E-state index is 5.51. The van der Waals surface area contributed by atoms with Crippen molar-refractivity contribution in [1.82, 2.24) is 15.0 Å². The number of aromatic nitrogens is 3. The Morgan fingerprint density at radius 2 is 2.07 bits per heavy atom. The standard InChI is InChI=1S/C10H10N4O/c11-6-9-10(14-5-4-13-9)15-8-2-1-3-12-7-8/h1-5,7H,6,11H2. The van der Waals surface area contributed by atoms with E-state index in [1.165, 1.54) is 0 Å². The molecule has 2 heterocycles. The van der Waals surface area contributed by atoms with Crippen LogP contribution in [0.5, 0.6) is 11.6 Å². The van der Waals surface area contributed by atoms with Gasteiger partial charge in [-0.3, -0.25) is 9.97 Å². The van der Waals surface area contributed by atoms with Gasteiger partial charge in [-0.25, -0.2) is 4.98 Å². The lowest BCUT2D eigenvalue weighted by Crippen LogP contribution is -2.03. The van der Waals surface area contributed by atoms with Crippen molar-refractivity contribution in [2.45, 2.75) is 6.54 Å². The Morgan fingerprint density at radius 3 is 2.80 bits per heavy atom. The first-order valence-corrected chi connectivity index (χ1v) is 4.48. The van der Waals surface area contributed by atoms with Gasteiger partial charge in [0, 0.05) is 25.1 Å². The van der Waals surface area contributed by atoms with Crippen LogP contribution in [-0.2, 0) is 6.54 Å². The molecule has 0 atom stereocenters. The van der Waals surface area contributed by atoms with Crippen molar-refractivity contribution < 1.29 is 4.74 Å². The molecule has 0 bridgehead atoms. The van der Waals surface area contributed by atoms with Gasteiger partial charge in [0.2, 0.25) is 5.88 Å². The van der Waals surface area contributed by atoms with Crippen LogP contribution in [0.1, 0.15) is 5.69 Å². The molecule has 0 aliphatic carbocycles. The van der Waals surface area contributed by atoms with Gasteiger partial charge in [-0.1, -0.05) is 0 Å². The predicted molar refractivity (Wildman–Crippen MR) is 54.2 cm³/mol. The zero-order valence-corrected chi connectivity index (χ0v) is 8.00. The molecule has 0 unspecified atom stereocenters. The number of nitrogens with two attached hydrogens (primary N) is 1. The fourth-order valence-electron chi connectivity index (χ4n) is 1.10. The molecule has 2 aromatic rings. The van der Waals surface area contributed by atoms with Crippen molar-refractivity contribution in [2.24, 2.45) is 5.73 Å². The van der Waals surface area contributed by atoms with Gasteiger partial charge in [0.25, 0.3) is 0 Å². The molecule has 0 fully saturated rings. The van der Waals surface area contributed by atoms with E-state index in [4.69, 9.17) is 10.5 Å². The van der Waals surface area contributed by atoms with E-state index in [0.717, 1.165) is 0 Å². The van der Waals surface area contributed by atoms with Gasteiger partial charge in [0.15, 0.2) is 0 Å². The number of nitrogens with zero attached hydrogens (tertiary/aromatic N) is 3. The Morgan fingerprint density at radius 1 is 1.20 bits per heavy atom. The third-order valence-corrected chi connectivity index (χ3v) is 1.78. The van der Waals surface area contributed by atoms with Gasteiger partial charge in [-0.15, -0.1) is 0 Å². The van der Waals surface area contributed by atoms with Crippen molar-refractivity contribution >= 4 is 0 Å². The first-order valence-electron chi connectivity index (χ1n) is 4.48. The Kier molecular flexibility index (Phi) is 2.85. The van der Waals surface area contributed by atoms with Crippen molar-refractivity contribution in [1.29, 1.82) is 0 Å².